The fraction of sp³-hybridized carbons (Fsp3) is 0.263. The molecule has 3 aromatic rings. The lowest BCUT2D eigenvalue weighted by molar-refractivity contribution is 0.489. The number of hydrogen-bond donors (Lipinski definition) is 1. The second-order valence-electron chi connectivity index (χ2n) is 6.32. The number of aryl methyl sites for hydroxylation is 2. The zero-order chi connectivity index (χ0) is 16.7. The second-order valence-corrected chi connectivity index (χ2v) is 8.03. The van der Waals surface area contributed by atoms with Crippen LogP contribution in [0.25, 0.3) is 10.9 Å². The van der Waals surface area contributed by atoms with Gasteiger partial charge >= 0.3 is 0 Å². The zero-order valence-electron chi connectivity index (χ0n) is 13.6. The molecular weight excluding hydrogens is 320 g/mol. The first-order valence-electron chi connectivity index (χ1n) is 8.21. The van der Waals surface area contributed by atoms with Gasteiger partial charge in [-0.05, 0) is 43.0 Å². The number of nitrogens with zero attached hydrogens (tertiary/aromatic N) is 1. The Kier molecular flexibility index (Phi) is 3.70. The molecule has 0 aliphatic heterocycles. The fourth-order valence-corrected chi connectivity index (χ4v) is 5.04. The first-order valence-corrected chi connectivity index (χ1v) is 9.70. The molecule has 1 atom stereocenters. The van der Waals surface area contributed by atoms with E-state index in [2.05, 4.69) is 21.4 Å². The van der Waals surface area contributed by atoms with Gasteiger partial charge in [-0.1, -0.05) is 36.4 Å². The van der Waals surface area contributed by atoms with Crippen molar-refractivity contribution in [3.8, 4) is 0 Å². The molecule has 5 heteroatoms. The molecule has 0 fully saturated rings. The smallest absolute Gasteiger partial charge is 0.241 e. The minimum Gasteiger partial charge on any atom is -0.346 e. The normalized spacial score (nSPS) is 17.8. The Morgan fingerprint density at radius 3 is 2.54 bits per heavy atom. The Bertz CT molecular complexity index is 991. The van der Waals surface area contributed by atoms with Gasteiger partial charge in [0.15, 0.2) is 0 Å². The summed E-state index contributed by atoms with van der Waals surface area (Å²) in [7, 11) is -1.50. The van der Waals surface area contributed by atoms with Crippen molar-refractivity contribution in [1.82, 2.24) is 9.29 Å². The number of hydrogen-bond acceptors (Lipinski definition) is 2. The Hall–Kier alpha value is -2.11. The van der Waals surface area contributed by atoms with Crippen molar-refractivity contribution in [2.45, 2.75) is 30.2 Å². The number of aromatic nitrogens is 1. The molecule has 0 radical (unpaired) electrons. The maximum absolute atomic E-state index is 12.7. The molecule has 0 saturated carbocycles. The quantitative estimate of drug-likeness (QED) is 0.793. The first kappa shape index (κ1) is 15.4. The van der Waals surface area contributed by atoms with Gasteiger partial charge in [-0.15, -0.1) is 0 Å². The summed E-state index contributed by atoms with van der Waals surface area (Å²) >= 11 is 0. The van der Waals surface area contributed by atoms with Crippen LogP contribution in [0.2, 0.25) is 0 Å². The van der Waals surface area contributed by atoms with Crippen LogP contribution in [0, 0.1) is 0 Å². The minimum atomic E-state index is -3.52. The third kappa shape index (κ3) is 2.44. The molecule has 2 aromatic carbocycles. The van der Waals surface area contributed by atoms with Crippen molar-refractivity contribution < 1.29 is 8.42 Å². The van der Waals surface area contributed by atoms with E-state index in [1.807, 2.05) is 25.2 Å². The molecule has 4 nitrogen and oxygen atoms in total. The first-order chi connectivity index (χ1) is 11.6. The van der Waals surface area contributed by atoms with Crippen LogP contribution in [0.3, 0.4) is 0 Å². The minimum absolute atomic E-state index is 0.184. The SMILES string of the molecule is Cn1c2c(c3ccccc31)CCCC2NS(=O)(=O)c1ccccc1. The van der Waals surface area contributed by atoms with E-state index in [4.69, 9.17) is 0 Å². The van der Waals surface area contributed by atoms with Gasteiger partial charge in [0.1, 0.15) is 0 Å². The number of benzene rings is 2. The standard InChI is InChI=1S/C19H20N2O2S/c1-21-18-13-6-5-10-15(18)16-11-7-12-17(19(16)21)20-24(22,23)14-8-3-2-4-9-14/h2-6,8-10,13,17,20H,7,11-12H2,1H3. The van der Waals surface area contributed by atoms with E-state index in [0.717, 1.165) is 30.5 Å². The third-order valence-corrected chi connectivity index (χ3v) is 6.35. The number of rotatable bonds is 3. The Labute approximate surface area is 142 Å². The van der Waals surface area contributed by atoms with Crippen LogP contribution in [0.1, 0.15) is 30.1 Å². The van der Waals surface area contributed by atoms with Gasteiger partial charge < -0.3 is 4.57 Å². The molecule has 1 heterocycles. The van der Waals surface area contributed by atoms with Gasteiger partial charge in [0.05, 0.1) is 10.9 Å². The summed E-state index contributed by atoms with van der Waals surface area (Å²) in [5, 5.41) is 1.23. The molecule has 0 saturated heterocycles. The van der Waals surface area contributed by atoms with Crippen molar-refractivity contribution in [2.24, 2.45) is 7.05 Å². The molecule has 24 heavy (non-hydrogen) atoms. The topological polar surface area (TPSA) is 51.1 Å². The van der Waals surface area contributed by atoms with Crippen molar-refractivity contribution in [1.29, 1.82) is 0 Å². The third-order valence-electron chi connectivity index (χ3n) is 4.86. The van der Waals surface area contributed by atoms with Crippen LogP contribution < -0.4 is 4.72 Å². The lowest BCUT2D eigenvalue weighted by atomic mass is 9.92. The van der Waals surface area contributed by atoms with Gasteiger partial charge in [-0.2, -0.15) is 0 Å². The van der Waals surface area contributed by atoms with Crippen molar-refractivity contribution in [2.75, 3.05) is 0 Å². The van der Waals surface area contributed by atoms with E-state index in [9.17, 15) is 8.42 Å². The van der Waals surface area contributed by atoms with Crippen LogP contribution in [0.4, 0.5) is 0 Å². The van der Waals surface area contributed by atoms with E-state index < -0.39 is 10.0 Å². The largest absolute Gasteiger partial charge is 0.346 e. The van der Waals surface area contributed by atoms with Gasteiger partial charge in [0, 0.05) is 23.6 Å². The highest BCUT2D eigenvalue weighted by Crippen LogP contribution is 2.37. The van der Waals surface area contributed by atoms with Crippen LogP contribution in [-0.4, -0.2) is 13.0 Å². The Morgan fingerprint density at radius 2 is 1.75 bits per heavy atom. The highest BCUT2D eigenvalue weighted by molar-refractivity contribution is 7.89. The second kappa shape index (κ2) is 5.76. The van der Waals surface area contributed by atoms with Gasteiger partial charge in [-0.25, -0.2) is 13.1 Å². The molecule has 1 aliphatic carbocycles. The average molecular weight is 340 g/mol. The molecule has 0 bridgehead atoms. The van der Waals surface area contributed by atoms with Gasteiger partial charge in [0.25, 0.3) is 0 Å². The number of para-hydroxylation sites is 1. The predicted molar refractivity (Wildman–Crippen MR) is 95.4 cm³/mol. The molecule has 1 unspecified atom stereocenters. The summed E-state index contributed by atoms with van der Waals surface area (Å²) in [6.45, 7) is 0. The molecule has 124 valence electrons. The van der Waals surface area contributed by atoms with E-state index >= 15 is 0 Å². The van der Waals surface area contributed by atoms with E-state index in [1.165, 1.54) is 10.9 Å². The van der Waals surface area contributed by atoms with E-state index in [1.54, 1.807) is 24.3 Å². The van der Waals surface area contributed by atoms with Crippen LogP contribution in [0.5, 0.6) is 0 Å². The highest BCUT2D eigenvalue weighted by atomic mass is 32.2. The fourth-order valence-electron chi connectivity index (χ4n) is 3.79. The van der Waals surface area contributed by atoms with Crippen LogP contribution in [-0.2, 0) is 23.5 Å². The van der Waals surface area contributed by atoms with Gasteiger partial charge in [0.2, 0.25) is 10.0 Å². The lowest BCUT2D eigenvalue weighted by Crippen LogP contribution is -2.32. The maximum Gasteiger partial charge on any atom is 0.241 e. The van der Waals surface area contributed by atoms with Crippen LogP contribution >= 0.6 is 0 Å². The van der Waals surface area contributed by atoms with Gasteiger partial charge in [-0.3, -0.25) is 0 Å². The number of fused-ring (bicyclic) bond motifs is 3. The summed E-state index contributed by atoms with van der Waals surface area (Å²) in [5.74, 6) is 0. The summed E-state index contributed by atoms with van der Waals surface area (Å²) in [6.07, 6.45) is 2.81. The molecule has 4 rings (SSSR count). The lowest BCUT2D eigenvalue weighted by Gasteiger charge is -2.25. The molecule has 1 aromatic heterocycles. The summed E-state index contributed by atoms with van der Waals surface area (Å²) < 4.78 is 30.5. The van der Waals surface area contributed by atoms with Crippen molar-refractivity contribution >= 4 is 20.9 Å². The molecular formula is C19H20N2O2S. The molecule has 1 N–H and O–H groups in total. The Balaban J connectivity index is 1.78. The number of nitrogens with one attached hydrogen (secondary N) is 1. The number of sulfonamides is 1. The highest BCUT2D eigenvalue weighted by Gasteiger charge is 2.29. The summed E-state index contributed by atoms with van der Waals surface area (Å²) in [6, 6.07) is 16.7. The predicted octanol–water partition coefficient (Wildman–Crippen LogP) is 3.53. The average Bonchev–Trinajstić information content (AvgIpc) is 2.90. The molecule has 1 aliphatic rings. The molecule has 0 amide bonds. The van der Waals surface area contributed by atoms with Crippen molar-refractivity contribution in [3.05, 3.63) is 65.9 Å². The zero-order valence-corrected chi connectivity index (χ0v) is 14.4. The van der Waals surface area contributed by atoms with Crippen molar-refractivity contribution in [3.63, 3.8) is 0 Å². The summed E-state index contributed by atoms with van der Waals surface area (Å²) in [5.41, 5.74) is 3.54. The molecule has 0 spiro atoms. The maximum atomic E-state index is 12.7. The summed E-state index contributed by atoms with van der Waals surface area (Å²) in [4.78, 5) is 0.316. The van der Waals surface area contributed by atoms with E-state index in [-0.39, 0.29) is 6.04 Å². The van der Waals surface area contributed by atoms with E-state index in [0.29, 0.717) is 4.90 Å². The monoisotopic (exact) mass is 340 g/mol. The Morgan fingerprint density at radius 1 is 1.04 bits per heavy atom. The van der Waals surface area contributed by atoms with Crippen LogP contribution in [0.15, 0.2) is 59.5 Å².